The van der Waals surface area contributed by atoms with E-state index in [1.807, 2.05) is 0 Å². The van der Waals surface area contributed by atoms with Gasteiger partial charge in [0.1, 0.15) is 0 Å². The van der Waals surface area contributed by atoms with Crippen molar-refractivity contribution >= 4 is 56.7 Å². The van der Waals surface area contributed by atoms with Gasteiger partial charge >= 0.3 is 7.12 Å². The van der Waals surface area contributed by atoms with Crippen LogP contribution in [-0.2, 0) is 0 Å². The van der Waals surface area contributed by atoms with Crippen molar-refractivity contribution in [1.29, 1.82) is 0 Å². The molecule has 2 N–H and O–H groups in total. The molecule has 7 heteroatoms. The number of hydrogen-bond acceptors (Lipinski definition) is 2. The van der Waals surface area contributed by atoms with Gasteiger partial charge < -0.3 is 10.0 Å². The molecular formula is CH9BCl4O2. The summed E-state index contributed by atoms with van der Waals surface area (Å²) in [4.78, 5) is 0. The average Bonchev–Trinajstić information content (AvgIpc) is 0.811. The average molecular weight is 206 g/mol. The first-order valence-corrected chi connectivity index (χ1v) is 1.09. The van der Waals surface area contributed by atoms with Crippen molar-refractivity contribution in [3.05, 3.63) is 0 Å². The Morgan fingerprint density at radius 2 is 0.875 bits per heavy atom. The van der Waals surface area contributed by atoms with Gasteiger partial charge in [0.15, 0.2) is 0 Å². The lowest BCUT2D eigenvalue weighted by molar-refractivity contribution is 0.417. The van der Waals surface area contributed by atoms with Gasteiger partial charge in [-0.2, -0.15) is 0 Å². The van der Waals surface area contributed by atoms with Gasteiger partial charge in [0.05, 0.1) is 0 Å². The van der Waals surface area contributed by atoms with E-state index in [4.69, 9.17) is 10.0 Å². The fraction of sp³-hybridized carbons (Fsp3) is 1.00. The molecule has 0 atom stereocenters. The molecular weight excluding hydrogens is 197 g/mol. The summed E-state index contributed by atoms with van der Waals surface area (Å²) < 4.78 is 0. The summed E-state index contributed by atoms with van der Waals surface area (Å²) >= 11 is 0. The van der Waals surface area contributed by atoms with Crippen molar-refractivity contribution < 1.29 is 10.0 Å². The summed E-state index contributed by atoms with van der Waals surface area (Å²) in [5.74, 6) is 0. The minimum atomic E-state index is -1.17. The second-order valence-electron chi connectivity index (χ2n) is 0.632. The van der Waals surface area contributed by atoms with Crippen LogP contribution in [0.4, 0.5) is 0 Å². The van der Waals surface area contributed by atoms with Crippen molar-refractivity contribution in [2.24, 2.45) is 0 Å². The highest BCUT2D eigenvalue weighted by molar-refractivity contribution is 6.38. The Hall–Kier alpha value is 1.14. The van der Waals surface area contributed by atoms with Crippen molar-refractivity contribution in [3.63, 3.8) is 0 Å². The molecule has 0 saturated heterocycles. The predicted molar refractivity (Wildman–Crippen MR) is 45.0 cm³/mol. The smallest absolute Gasteiger partial charge is 0.427 e. The zero-order valence-electron chi connectivity index (χ0n) is 4.10. The van der Waals surface area contributed by atoms with Crippen LogP contribution in [0.25, 0.3) is 0 Å². The van der Waals surface area contributed by atoms with E-state index in [2.05, 4.69) is 0 Å². The first-order chi connectivity index (χ1) is 1.73. The van der Waals surface area contributed by atoms with Crippen LogP contribution in [-0.4, -0.2) is 17.2 Å². The van der Waals surface area contributed by atoms with Gasteiger partial charge in [-0.05, 0) is 6.82 Å². The largest absolute Gasteiger partial charge is 0.448 e. The summed E-state index contributed by atoms with van der Waals surface area (Å²) in [6, 6.07) is 0. The molecule has 0 aliphatic rings. The zero-order valence-corrected chi connectivity index (χ0v) is 7.37. The van der Waals surface area contributed by atoms with Gasteiger partial charge in [0.2, 0.25) is 0 Å². The van der Waals surface area contributed by atoms with Crippen LogP contribution in [0.3, 0.4) is 0 Å². The molecule has 0 aromatic heterocycles. The molecule has 2 nitrogen and oxygen atoms in total. The lowest BCUT2D eigenvalue weighted by Gasteiger charge is -1.71. The maximum atomic E-state index is 7.61. The van der Waals surface area contributed by atoms with Crippen LogP contribution < -0.4 is 0 Å². The summed E-state index contributed by atoms with van der Waals surface area (Å²) in [5.41, 5.74) is 0. The van der Waals surface area contributed by atoms with Crippen LogP contribution in [0.2, 0.25) is 6.82 Å². The molecule has 0 aliphatic carbocycles. The number of halogens is 4. The first kappa shape index (κ1) is 35.3. The molecule has 0 unspecified atom stereocenters. The van der Waals surface area contributed by atoms with Gasteiger partial charge in [-0.15, -0.1) is 49.6 Å². The highest BCUT2D eigenvalue weighted by Crippen LogP contribution is 1.51. The highest BCUT2D eigenvalue weighted by atomic mass is 35.5. The Bertz CT molecular complexity index is 18.8. The lowest BCUT2D eigenvalue weighted by Crippen LogP contribution is -2.00. The lowest BCUT2D eigenvalue weighted by atomic mass is 9.99. The minimum Gasteiger partial charge on any atom is -0.427 e. The van der Waals surface area contributed by atoms with E-state index < -0.39 is 7.12 Å². The molecule has 56 valence electrons. The summed E-state index contributed by atoms with van der Waals surface area (Å²) in [6.45, 7) is 1.28. The van der Waals surface area contributed by atoms with Crippen molar-refractivity contribution in [2.75, 3.05) is 0 Å². The van der Waals surface area contributed by atoms with E-state index in [1.54, 1.807) is 0 Å². The third-order valence-corrected chi connectivity index (χ3v) is 0. The van der Waals surface area contributed by atoms with Gasteiger partial charge in [0, 0.05) is 0 Å². The Labute approximate surface area is 73.8 Å². The van der Waals surface area contributed by atoms with Gasteiger partial charge in [-0.1, -0.05) is 0 Å². The molecule has 0 bridgehead atoms. The number of rotatable bonds is 0. The molecule has 0 amide bonds. The van der Waals surface area contributed by atoms with Crippen molar-refractivity contribution in [2.45, 2.75) is 6.82 Å². The maximum absolute atomic E-state index is 7.61. The normalized spacial score (nSPS) is 3.38. The van der Waals surface area contributed by atoms with E-state index in [9.17, 15) is 0 Å². The fourth-order valence-electron chi connectivity index (χ4n) is 0. The second-order valence-corrected chi connectivity index (χ2v) is 0.632. The summed E-state index contributed by atoms with van der Waals surface area (Å²) in [5, 5.41) is 15.2. The molecule has 0 saturated carbocycles. The van der Waals surface area contributed by atoms with E-state index in [-0.39, 0.29) is 49.6 Å². The Kier molecular flexibility index (Phi) is 107. The van der Waals surface area contributed by atoms with E-state index in [1.165, 1.54) is 6.82 Å². The third-order valence-electron chi connectivity index (χ3n) is 0. The molecule has 0 spiro atoms. The highest BCUT2D eigenvalue weighted by Gasteiger charge is 1.86. The molecule has 0 aromatic rings. The molecule has 0 radical (unpaired) electrons. The third kappa shape index (κ3) is 206. The molecule has 0 aromatic carbocycles. The van der Waals surface area contributed by atoms with Crippen LogP contribution in [0.15, 0.2) is 0 Å². The summed E-state index contributed by atoms with van der Waals surface area (Å²) in [7, 11) is -1.17. The Morgan fingerprint density at radius 1 is 0.875 bits per heavy atom. The Morgan fingerprint density at radius 3 is 0.875 bits per heavy atom. The molecule has 0 fully saturated rings. The first-order valence-electron chi connectivity index (χ1n) is 1.09. The predicted octanol–water partition coefficient (Wildman–Crippen LogP) is 0.776. The van der Waals surface area contributed by atoms with Crippen molar-refractivity contribution in [1.82, 2.24) is 0 Å². The standard InChI is InChI=1S/CH5BO2.4ClH/c1-2(3)4;;;;/h3-4H,1H3;4*1H. The second kappa shape index (κ2) is 24.2. The number of hydrogen-bond donors (Lipinski definition) is 2. The van der Waals surface area contributed by atoms with Crippen LogP contribution in [0.1, 0.15) is 0 Å². The van der Waals surface area contributed by atoms with Crippen LogP contribution >= 0.6 is 49.6 Å². The summed E-state index contributed by atoms with van der Waals surface area (Å²) in [6.07, 6.45) is 0. The van der Waals surface area contributed by atoms with Crippen LogP contribution in [0.5, 0.6) is 0 Å². The quantitative estimate of drug-likeness (QED) is 0.574. The van der Waals surface area contributed by atoms with Crippen LogP contribution in [0, 0.1) is 0 Å². The maximum Gasteiger partial charge on any atom is 0.448 e. The molecule has 0 rings (SSSR count). The van der Waals surface area contributed by atoms with E-state index >= 15 is 0 Å². The zero-order chi connectivity index (χ0) is 3.58. The molecule has 0 heterocycles. The molecule has 0 aliphatic heterocycles. The molecule has 8 heavy (non-hydrogen) atoms. The van der Waals surface area contributed by atoms with E-state index in [0.29, 0.717) is 0 Å². The van der Waals surface area contributed by atoms with Gasteiger partial charge in [-0.25, -0.2) is 0 Å². The topological polar surface area (TPSA) is 40.5 Å². The fourth-order valence-corrected chi connectivity index (χ4v) is 0. The monoisotopic (exact) mass is 204 g/mol. The van der Waals surface area contributed by atoms with E-state index in [0.717, 1.165) is 0 Å². The van der Waals surface area contributed by atoms with Crippen molar-refractivity contribution in [3.8, 4) is 0 Å². The van der Waals surface area contributed by atoms with Gasteiger partial charge in [-0.3, -0.25) is 0 Å². The Balaban J connectivity index is -0.00000000750. The SMILES string of the molecule is CB(O)O.Cl.Cl.Cl.Cl. The van der Waals surface area contributed by atoms with Gasteiger partial charge in [0.25, 0.3) is 0 Å². The minimum absolute atomic E-state index is 0.